The maximum absolute atomic E-state index is 13.8. The summed E-state index contributed by atoms with van der Waals surface area (Å²) in [6.45, 7) is 25.9. The summed E-state index contributed by atoms with van der Waals surface area (Å²) in [7, 11) is -1.68. The number of ketones is 1. The van der Waals surface area contributed by atoms with Gasteiger partial charge in [-0.15, -0.1) is 0 Å². The molecule has 10 heteroatoms. The molecule has 9 aliphatic rings. The standard InChI is InChI=1S/C48H76O9Si/c1-10-58(11-2,12-3)50-27-28(4)21-40-32(8)37-24-34(49)15-13-14-16-39-33(9)44-46-47(54-39)45-43(55-46)26-48(56-44,57-45)20-19-36-23-30(6)38(51-36)18-17-35-22-29(5)31(7)41(52-35)25-42(37)53-40/h13,15,28-29,32-33,35-47H,6-7,10-12,14,16-27H2,1-5,8-9H3/b15-13+. The largest absolute Gasteiger partial charge is 0.417 e. The van der Waals surface area contributed by atoms with Crippen molar-refractivity contribution in [3.05, 3.63) is 36.5 Å². The summed E-state index contributed by atoms with van der Waals surface area (Å²) in [6, 6.07) is 3.47. The highest BCUT2D eigenvalue weighted by Crippen LogP contribution is 2.54. The third-order valence-corrected chi connectivity index (χ3v) is 21.0. The Bertz CT molecular complexity index is 1500. The third kappa shape index (κ3) is 8.72. The van der Waals surface area contributed by atoms with Crippen molar-refractivity contribution in [2.24, 2.45) is 29.6 Å². The van der Waals surface area contributed by atoms with Crippen LogP contribution in [-0.4, -0.2) is 99.7 Å². The molecule has 8 fully saturated rings. The molecule has 0 N–H and O–H groups in total. The molecule has 8 saturated heterocycles. The number of allylic oxidation sites excluding steroid dienone is 2. The minimum atomic E-state index is -1.68. The van der Waals surface area contributed by atoms with Crippen LogP contribution in [0.25, 0.3) is 0 Å². The molecule has 0 radical (unpaired) electrons. The zero-order valence-corrected chi connectivity index (χ0v) is 37.9. The van der Waals surface area contributed by atoms with Crippen LogP contribution in [0, 0.1) is 29.6 Å². The van der Waals surface area contributed by atoms with Crippen LogP contribution in [0.2, 0.25) is 18.1 Å². The first-order chi connectivity index (χ1) is 27.8. The van der Waals surface area contributed by atoms with Gasteiger partial charge in [-0.05, 0) is 110 Å². The molecular formula is C48H76O9Si. The fraction of sp³-hybridized carbons (Fsp3) is 0.854. The number of hydrogen-bond donors (Lipinski definition) is 0. The number of carbonyl (C=O) groups excluding carboxylic acids is 1. The Kier molecular flexibility index (Phi) is 13.4. The van der Waals surface area contributed by atoms with E-state index in [4.69, 9.17) is 37.6 Å². The third-order valence-electron chi connectivity index (χ3n) is 16.4. The van der Waals surface area contributed by atoms with E-state index in [-0.39, 0.29) is 96.8 Å². The molecule has 18 unspecified atom stereocenters. The number of rotatable bonds is 8. The van der Waals surface area contributed by atoms with Gasteiger partial charge in [0.15, 0.2) is 19.9 Å². The van der Waals surface area contributed by atoms with E-state index < -0.39 is 14.1 Å². The van der Waals surface area contributed by atoms with Gasteiger partial charge in [0.2, 0.25) is 0 Å². The van der Waals surface area contributed by atoms with Crippen LogP contribution in [0.1, 0.15) is 126 Å². The first kappa shape index (κ1) is 43.4. The van der Waals surface area contributed by atoms with Crippen molar-refractivity contribution < 1.29 is 42.4 Å². The summed E-state index contributed by atoms with van der Waals surface area (Å²) in [6.07, 6.45) is 13.4. The van der Waals surface area contributed by atoms with E-state index in [1.54, 1.807) is 0 Å². The molecule has 0 aliphatic carbocycles. The summed E-state index contributed by atoms with van der Waals surface area (Å²) in [5, 5.41) is 0. The number of ether oxygens (including phenoxy) is 7. The van der Waals surface area contributed by atoms with Crippen LogP contribution in [0.15, 0.2) is 36.5 Å². The van der Waals surface area contributed by atoms with Crippen LogP contribution < -0.4 is 0 Å². The first-order valence-corrected chi connectivity index (χ1v) is 26.2. The average Bonchev–Trinajstić information content (AvgIpc) is 3.87. The Balaban J connectivity index is 0.998. The van der Waals surface area contributed by atoms with Gasteiger partial charge >= 0.3 is 0 Å². The second-order valence-corrected chi connectivity index (χ2v) is 24.9. The lowest BCUT2D eigenvalue weighted by Crippen LogP contribution is -2.54. The molecule has 0 amide bonds. The number of fused-ring (bicyclic) bond motifs is 6. The van der Waals surface area contributed by atoms with Crippen molar-refractivity contribution in [2.45, 2.75) is 223 Å². The SMILES string of the molecule is C=C1CC2CCC34CC5OC6C(O3)C(C)C(CC/C=C/C(=O)CC3C(CC7OC(CCC1O2)CC(C)C7=C)OC(CC(C)CO[Si](CC)(CC)CC)C3C)OC6C5O4. The Hall–Kier alpha value is -1.21. The van der Waals surface area contributed by atoms with Gasteiger partial charge in [0, 0.05) is 38.2 Å². The van der Waals surface area contributed by atoms with Crippen LogP contribution >= 0.6 is 0 Å². The topological polar surface area (TPSA) is 90.9 Å². The highest BCUT2D eigenvalue weighted by atomic mass is 28.4. The summed E-state index contributed by atoms with van der Waals surface area (Å²) >= 11 is 0. The van der Waals surface area contributed by atoms with Crippen molar-refractivity contribution >= 4 is 14.1 Å². The molecule has 18 atom stereocenters. The van der Waals surface area contributed by atoms with Gasteiger partial charge in [0.25, 0.3) is 0 Å². The normalized spacial score (nSPS) is 47.0. The number of hydrogen-bond acceptors (Lipinski definition) is 9. The Morgan fingerprint density at radius 3 is 2.29 bits per heavy atom. The second kappa shape index (κ2) is 17.9. The molecule has 9 aliphatic heterocycles. The Morgan fingerprint density at radius 1 is 0.793 bits per heavy atom. The zero-order valence-electron chi connectivity index (χ0n) is 36.9. The quantitative estimate of drug-likeness (QED) is 0.176. The minimum absolute atomic E-state index is 0.00161. The molecule has 58 heavy (non-hydrogen) atoms. The van der Waals surface area contributed by atoms with Gasteiger partial charge in [0.05, 0.1) is 54.9 Å². The van der Waals surface area contributed by atoms with Crippen molar-refractivity contribution in [3.8, 4) is 0 Å². The lowest BCUT2D eigenvalue weighted by atomic mass is 9.79. The van der Waals surface area contributed by atoms with Crippen molar-refractivity contribution in [2.75, 3.05) is 6.61 Å². The molecule has 9 nitrogen and oxygen atoms in total. The van der Waals surface area contributed by atoms with Gasteiger partial charge in [-0.25, -0.2) is 0 Å². The summed E-state index contributed by atoms with van der Waals surface area (Å²) in [5.74, 6) is 0.722. The Morgan fingerprint density at radius 2 is 1.52 bits per heavy atom. The van der Waals surface area contributed by atoms with E-state index in [0.29, 0.717) is 18.3 Å². The van der Waals surface area contributed by atoms with E-state index in [9.17, 15) is 4.79 Å². The van der Waals surface area contributed by atoms with Crippen LogP contribution in [0.4, 0.5) is 0 Å². The fourth-order valence-corrected chi connectivity index (χ4v) is 15.0. The van der Waals surface area contributed by atoms with Crippen molar-refractivity contribution in [1.82, 2.24) is 0 Å². The van der Waals surface area contributed by atoms with E-state index in [2.05, 4.69) is 67.7 Å². The zero-order chi connectivity index (χ0) is 40.9. The molecule has 0 aromatic rings. The molecule has 1 spiro atoms. The molecular weight excluding hydrogens is 749 g/mol. The lowest BCUT2D eigenvalue weighted by Gasteiger charge is -2.42. The maximum Gasteiger partial charge on any atom is 0.191 e. The predicted molar refractivity (Wildman–Crippen MR) is 227 cm³/mol. The average molecular weight is 825 g/mol. The van der Waals surface area contributed by atoms with E-state index >= 15 is 0 Å². The van der Waals surface area contributed by atoms with Crippen LogP contribution in [0.3, 0.4) is 0 Å². The van der Waals surface area contributed by atoms with E-state index in [1.807, 2.05) is 6.08 Å². The predicted octanol–water partition coefficient (Wildman–Crippen LogP) is 9.43. The lowest BCUT2D eigenvalue weighted by molar-refractivity contribution is -0.263. The molecule has 326 valence electrons. The minimum Gasteiger partial charge on any atom is -0.417 e. The highest BCUT2D eigenvalue weighted by molar-refractivity contribution is 6.73. The maximum atomic E-state index is 13.8. The summed E-state index contributed by atoms with van der Waals surface area (Å²) in [4.78, 5) is 13.8. The molecule has 9 heterocycles. The first-order valence-electron chi connectivity index (χ1n) is 23.7. The molecule has 11 bridgehead atoms. The van der Waals surface area contributed by atoms with Gasteiger partial charge in [0.1, 0.15) is 18.3 Å². The van der Waals surface area contributed by atoms with Gasteiger partial charge < -0.3 is 37.6 Å². The summed E-state index contributed by atoms with van der Waals surface area (Å²) in [5.41, 5.74) is 2.34. The van der Waals surface area contributed by atoms with Gasteiger partial charge in [-0.2, -0.15) is 0 Å². The highest BCUT2D eigenvalue weighted by Gasteiger charge is 2.67. The van der Waals surface area contributed by atoms with Crippen LogP contribution in [-0.2, 0) is 42.4 Å². The fourth-order valence-electron chi connectivity index (χ4n) is 12.3. The molecule has 0 aromatic carbocycles. The second-order valence-electron chi connectivity index (χ2n) is 20.1. The smallest absolute Gasteiger partial charge is 0.191 e. The molecule has 0 aromatic heterocycles. The monoisotopic (exact) mass is 825 g/mol. The summed E-state index contributed by atoms with van der Waals surface area (Å²) < 4.78 is 54.7. The van der Waals surface area contributed by atoms with Crippen molar-refractivity contribution in [1.29, 1.82) is 0 Å². The Labute approximate surface area is 350 Å². The molecule has 9 rings (SSSR count). The number of carbonyl (C=O) groups is 1. The van der Waals surface area contributed by atoms with E-state index in [0.717, 1.165) is 101 Å². The van der Waals surface area contributed by atoms with Gasteiger partial charge in [-0.3, -0.25) is 4.79 Å². The van der Waals surface area contributed by atoms with Crippen molar-refractivity contribution in [3.63, 3.8) is 0 Å². The van der Waals surface area contributed by atoms with Crippen LogP contribution in [0.5, 0.6) is 0 Å². The van der Waals surface area contributed by atoms with Gasteiger partial charge in [-0.1, -0.05) is 67.7 Å². The van der Waals surface area contributed by atoms with E-state index in [1.165, 1.54) is 5.57 Å². The molecule has 0 saturated carbocycles.